The highest BCUT2D eigenvalue weighted by Crippen LogP contribution is 2.32. The fraction of sp³-hybridized carbons (Fsp3) is 0.480. The van der Waals surface area contributed by atoms with E-state index >= 15 is 0 Å². The molecule has 2 atom stereocenters. The van der Waals surface area contributed by atoms with Crippen molar-refractivity contribution in [3.05, 3.63) is 65.2 Å². The lowest BCUT2D eigenvalue weighted by atomic mass is 9.94. The van der Waals surface area contributed by atoms with Crippen molar-refractivity contribution in [2.24, 2.45) is 5.73 Å². The lowest BCUT2D eigenvalue weighted by Gasteiger charge is -2.40. The number of nitrogens with two attached hydrogens (primary N) is 1. The number of hydrogen-bond acceptors (Lipinski definition) is 5. The summed E-state index contributed by atoms with van der Waals surface area (Å²) in [5.74, 6) is 0.310. The van der Waals surface area contributed by atoms with Gasteiger partial charge in [-0.05, 0) is 55.6 Å². The Hall–Kier alpha value is -2.21. The van der Waals surface area contributed by atoms with Gasteiger partial charge < -0.3 is 16.0 Å². The zero-order valence-electron chi connectivity index (χ0n) is 18.0. The lowest BCUT2D eigenvalue weighted by molar-refractivity contribution is -0.121. The van der Waals surface area contributed by atoms with E-state index in [9.17, 15) is 4.79 Å². The van der Waals surface area contributed by atoms with Crippen LogP contribution in [0.3, 0.4) is 0 Å². The molecular weight excluding hydrogens is 372 g/mol. The second-order valence-corrected chi connectivity index (χ2v) is 8.67. The number of Topliss-reactive ketones (excluding diaryl/α,β-unsaturated/α-hetero) is 1. The van der Waals surface area contributed by atoms with Gasteiger partial charge in [0.25, 0.3) is 0 Å². The summed E-state index contributed by atoms with van der Waals surface area (Å²) in [5, 5.41) is 3.44. The number of carbonyl (C=O) groups excluding carboxylic acids is 1. The van der Waals surface area contributed by atoms with Crippen molar-refractivity contribution >= 4 is 11.5 Å². The topological polar surface area (TPSA) is 61.6 Å². The van der Waals surface area contributed by atoms with Gasteiger partial charge in [-0.1, -0.05) is 48.9 Å². The third kappa shape index (κ3) is 4.75. The van der Waals surface area contributed by atoms with Gasteiger partial charge in [0.1, 0.15) is 6.04 Å². The van der Waals surface area contributed by atoms with Crippen molar-refractivity contribution in [1.82, 2.24) is 10.2 Å². The standard InChI is InChI=1S/C25H34N4O/c1-19-10-11-21(25(26)20-8-4-2-5-9-20)22(16-19)29-15-12-27-17-23(29)24(30)18-28-13-6-3-7-14-28/h2,4-5,8-11,16,23,25,27H,3,6-7,12-15,17-18,26H2,1H3. The predicted octanol–water partition coefficient (Wildman–Crippen LogP) is 2.88. The molecule has 0 saturated carbocycles. The average Bonchev–Trinajstić information content (AvgIpc) is 2.80. The molecule has 5 nitrogen and oxygen atoms in total. The number of piperazine rings is 1. The molecule has 0 bridgehead atoms. The van der Waals surface area contributed by atoms with Crippen LogP contribution in [-0.2, 0) is 4.79 Å². The van der Waals surface area contributed by atoms with Crippen molar-refractivity contribution in [2.75, 3.05) is 44.2 Å². The van der Waals surface area contributed by atoms with E-state index in [4.69, 9.17) is 5.73 Å². The fourth-order valence-corrected chi connectivity index (χ4v) is 4.73. The predicted molar refractivity (Wildman–Crippen MR) is 123 cm³/mol. The van der Waals surface area contributed by atoms with E-state index in [1.807, 2.05) is 18.2 Å². The van der Waals surface area contributed by atoms with Gasteiger partial charge in [0.05, 0.1) is 12.6 Å². The first-order valence-electron chi connectivity index (χ1n) is 11.3. The molecule has 0 radical (unpaired) electrons. The van der Waals surface area contributed by atoms with Crippen LogP contribution in [0.25, 0.3) is 0 Å². The average molecular weight is 407 g/mol. The zero-order chi connectivity index (χ0) is 20.9. The summed E-state index contributed by atoms with van der Waals surface area (Å²) in [7, 11) is 0. The first-order chi connectivity index (χ1) is 14.6. The van der Waals surface area contributed by atoms with Gasteiger partial charge in [0, 0.05) is 25.3 Å². The van der Waals surface area contributed by atoms with Crippen molar-refractivity contribution < 1.29 is 4.79 Å². The molecule has 30 heavy (non-hydrogen) atoms. The monoisotopic (exact) mass is 406 g/mol. The van der Waals surface area contributed by atoms with Crippen LogP contribution in [0.15, 0.2) is 48.5 Å². The summed E-state index contributed by atoms with van der Waals surface area (Å²) < 4.78 is 0. The smallest absolute Gasteiger partial charge is 0.170 e. The van der Waals surface area contributed by atoms with Gasteiger partial charge in [-0.25, -0.2) is 0 Å². The Morgan fingerprint density at radius 1 is 1.10 bits per heavy atom. The van der Waals surface area contributed by atoms with Crippen molar-refractivity contribution in [3.8, 4) is 0 Å². The Bertz CT molecular complexity index is 847. The van der Waals surface area contributed by atoms with E-state index in [-0.39, 0.29) is 12.1 Å². The quantitative estimate of drug-likeness (QED) is 0.772. The minimum absolute atomic E-state index is 0.149. The van der Waals surface area contributed by atoms with Crippen molar-refractivity contribution in [3.63, 3.8) is 0 Å². The Kier molecular flexibility index (Phi) is 6.82. The molecule has 0 amide bonds. The molecule has 4 rings (SSSR count). The van der Waals surface area contributed by atoms with Gasteiger partial charge in [0.2, 0.25) is 0 Å². The number of benzene rings is 2. The van der Waals surface area contributed by atoms with E-state index in [1.54, 1.807) is 0 Å². The van der Waals surface area contributed by atoms with Gasteiger partial charge in [0.15, 0.2) is 5.78 Å². The van der Waals surface area contributed by atoms with Gasteiger partial charge in [-0.3, -0.25) is 9.69 Å². The highest BCUT2D eigenvalue weighted by atomic mass is 16.1. The van der Waals surface area contributed by atoms with Crippen LogP contribution in [0.1, 0.15) is 42.0 Å². The molecule has 2 aliphatic heterocycles. The minimum atomic E-state index is -0.213. The van der Waals surface area contributed by atoms with Crippen molar-refractivity contribution in [1.29, 1.82) is 0 Å². The van der Waals surface area contributed by atoms with Crippen molar-refractivity contribution in [2.45, 2.75) is 38.3 Å². The maximum atomic E-state index is 13.3. The molecular formula is C25H34N4O. The van der Waals surface area contributed by atoms with Crippen LogP contribution in [-0.4, -0.2) is 56.0 Å². The summed E-state index contributed by atoms with van der Waals surface area (Å²) >= 11 is 0. The first-order valence-corrected chi connectivity index (χ1v) is 11.3. The number of anilines is 1. The Labute approximate surface area is 180 Å². The van der Waals surface area contributed by atoms with E-state index in [0.717, 1.165) is 43.0 Å². The number of carbonyl (C=O) groups is 1. The molecule has 2 fully saturated rings. The molecule has 2 aromatic carbocycles. The summed E-state index contributed by atoms with van der Waals surface area (Å²) in [4.78, 5) is 18.0. The second kappa shape index (κ2) is 9.73. The zero-order valence-corrected chi connectivity index (χ0v) is 18.0. The number of nitrogens with zero attached hydrogens (tertiary/aromatic N) is 2. The Balaban J connectivity index is 1.61. The van der Waals surface area contributed by atoms with Crippen LogP contribution in [0.5, 0.6) is 0 Å². The third-order valence-corrected chi connectivity index (χ3v) is 6.43. The molecule has 0 aliphatic carbocycles. The van der Waals surface area contributed by atoms with Crippen LogP contribution in [0, 0.1) is 6.92 Å². The minimum Gasteiger partial charge on any atom is -0.359 e. The molecule has 2 saturated heterocycles. The van der Waals surface area contributed by atoms with Gasteiger partial charge in [-0.2, -0.15) is 0 Å². The Morgan fingerprint density at radius 2 is 1.87 bits per heavy atom. The molecule has 2 aromatic rings. The number of likely N-dealkylation sites (tertiary alicyclic amines) is 1. The SMILES string of the molecule is Cc1ccc(C(N)c2ccccc2)c(N2CCNCC2C(=O)CN2CCCCC2)c1. The van der Waals surface area contributed by atoms with Gasteiger partial charge >= 0.3 is 0 Å². The highest BCUT2D eigenvalue weighted by Gasteiger charge is 2.32. The maximum Gasteiger partial charge on any atom is 0.170 e. The summed E-state index contributed by atoms with van der Waals surface area (Å²) in [6, 6.07) is 16.3. The molecule has 2 heterocycles. The van der Waals surface area contributed by atoms with Crippen LogP contribution < -0.4 is 16.0 Å². The third-order valence-electron chi connectivity index (χ3n) is 6.43. The lowest BCUT2D eigenvalue weighted by Crippen LogP contribution is -2.57. The Morgan fingerprint density at radius 3 is 2.63 bits per heavy atom. The van der Waals surface area contributed by atoms with Crippen LogP contribution >= 0.6 is 0 Å². The summed E-state index contributed by atoms with van der Waals surface area (Å²) in [5.41, 5.74) is 11.2. The van der Waals surface area contributed by atoms with E-state index in [1.165, 1.54) is 24.8 Å². The van der Waals surface area contributed by atoms with E-state index in [0.29, 0.717) is 18.9 Å². The number of hydrogen-bond donors (Lipinski definition) is 2. The van der Waals surface area contributed by atoms with Gasteiger partial charge in [-0.15, -0.1) is 0 Å². The second-order valence-electron chi connectivity index (χ2n) is 8.67. The summed E-state index contributed by atoms with van der Waals surface area (Å²) in [6.07, 6.45) is 3.69. The molecule has 2 aliphatic rings. The summed E-state index contributed by atoms with van der Waals surface area (Å²) in [6.45, 7) is 7.13. The molecule has 160 valence electrons. The molecule has 2 unspecified atom stereocenters. The highest BCUT2D eigenvalue weighted by molar-refractivity contribution is 5.90. The number of aryl methyl sites for hydroxylation is 1. The van der Waals surface area contributed by atoms with E-state index < -0.39 is 0 Å². The number of nitrogens with one attached hydrogen (secondary N) is 1. The normalized spacial score (nSPS) is 21.4. The number of ketones is 1. The first kappa shape index (κ1) is 21.0. The largest absolute Gasteiger partial charge is 0.359 e. The molecule has 0 aromatic heterocycles. The fourth-order valence-electron chi connectivity index (χ4n) is 4.73. The van der Waals surface area contributed by atoms with Crippen LogP contribution in [0.2, 0.25) is 0 Å². The number of rotatable bonds is 6. The molecule has 3 N–H and O–H groups in total. The maximum absolute atomic E-state index is 13.3. The number of piperidine rings is 1. The molecule has 0 spiro atoms. The molecule has 5 heteroatoms. The van der Waals surface area contributed by atoms with E-state index in [2.05, 4.69) is 52.4 Å². The van der Waals surface area contributed by atoms with Crippen LogP contribution in [0.4, 0.5) is 5.69 Å².